The first-order valence-electron chi connectivity index (χ1n) is 9.59. The van der Waals surface area contributed by atoms with E-state index in [2.05, 4.69) is 42.1 Å². The smallest absolute Gasteiger partial charge is 0.319 e. The maximum Gasteiger partial charge on any atom is 0.319 e. The van der Waals surface area contributed by atoms with Crippen LogP contribution >= 0.6 is 38.9 Å². The molecule has 3 aromatic rings. The summed E-state index contributed by atoms with van der Waals surface area (Å²) in [5, 5.41) is 18.0. The molecule has 0 saturated carbocycles. The van der Waals surface area contributed by atoms with Crippen molar-refractivity contribution in [2.45, 2.75) is 26.3 Å². The first-order valence-corrected chi connectivity index (χ1v) is 11.6. The van der Waals surface area contributed by atoms with Crippen LogP contribution in [0.4, 0.5) is 15.6 Å². The van der Waals surface area contributed by atoms with E-state index in [0.29, 0.717) is 27.3 Å². The fraction of sp³-hybridized carbons (Fsp3) is 0.238. The van der Waals surface area contributed by atoms with E-state index in [9.17, 15) is 9.59 Å². The second kappa shape index (κ2) is 10.7. The van der Waals surface area contributed by atoms with E-state index in [-0.39, 0.29) is 11.8 Å². The highest BCUT2D eigenvalue weighted by molar-refractivity contribution is 9.10. The number of carbonyl (C=O) groups is 2. The average Bonchev–Trinajstić information content (AvgIpc) is 3.20. The van der Waals surface area contributed by atoms with Gasteiger partial charge in [-0.3, -0.25) is 10.1 Å². The Morgan fingerprint density at radius 2 is 1.90 bits per heavy atom. The number of nitrogens with zero attached hydrogens (tertiary/aromatic N) is 2. The van der Waals surface area contributed by atoms with Gasteiger partial charge in [0.2, 0.25) is 11.0 Å². The lowest BCUT2D eigenvalue weighted by molar-refractivity contribution is -0.119. The molecule has 162 valence electrons. The summed E-state index contributed by atoms with van der Waals surface area (Å²) >= 11 is 10.7. The van der Waals surface area contributed by atoms with Crippen LogP contribution < -0.4 is 16.0 Å². The average molecular weight is 523 g/mol. The summed E-state index contributed by atoms with van der Waals surface area (Å²) in [6, 6.07) is 13.2. The summed E-state index contributed by atoms with van der Waals surface area (Å²) in [7, 11) is 0. The van der Waals surface area contributed by atoms with Crippen LogP contribution in [0, 0.1) is 5.92 Å². The minimum absolute atomic E-state index is 0.0948. The van der Waals surface area contributed by atoms with Crippen LogP contribution in [0.25, 0.3) is 10.6 Å². The third-order valence-electron chi connectivity index (χ3n) is 4.59. The summed E-state index contributed by atoms with van der Waals surface area (Å²) in [6.45, 7) is 3.86. The van der Waals surface area contributed by atoms with Gasteiger partial charge in [-0.1, -0.05) is 77.3 Å². The summed E-state index contributed by atoms with van der Waals surface area (Å²) in [5.41, 5.74) is 1.43. The minimum atomic E-state index is -0.748. The van der Waals surface area contributed by atoms with Gasteiger partial charge in [0.15, 0.2) is 0 Å². The van der Waals surface area contributed by atoms with E-state index in [1.54, 1.807) is 24.3 Å². The lowest BCUT2D eigenvalue weighted by Crippen LogP contribution is -2.49. The van der Waals surface area contributed by atoms with Crippen molar-refractivity contribution in [2.75, 3.05) is 10.6 Å². The van der Waals surface area contributed by atoms with Crippen molar-refractivity contribution >= 4 is 61.6 Å². The van der Waals surface area contributed by atoms with Crippen molar-refractivity contribution in [1.82, 2.24) is 15.5 Å². The molecule has 0 aliphatic rings. The largest absolute Gasteiger partial charge is 0.326 e. The van der Waals surface area contributed by atoms with E-state index >= 15 is 0 Å². The zero-order chi connectivity index (χ0) is 22.4. The zero-order valence-corrected chi connectivity index (χ0v) is 20.0. The molecule has 0 aliphatic heterocycles. The molecule has 3 rings (SSSR count). The van der Waals surface area contributed by atoms with Crippen molar-refractivity contribution in [1.29, 1.82) is 0 Å². The van der Waals surface area contributed by atoms with Crippen LogP contribution in [-0.4, -0.2) is 28.2 Å². The van der Waals surface area contributed by atoms with Crippen LogP contribution in [-0.2, 0) is 4.79 Å². The molecule has 0 saturated heterocycles. The van der Waals surface area contributed by atoms with Gasteiger partial charge in [-0.25, -0.2) is 4.79 Å². The molecule has 2 atom stereocenters. The highest BCUT2D eigenvalue weighted by atomic mass is 79.9. The number of aromatic nitrogens is 2. The fourth-order valence-corrected chi connectivity index (χ4v) is 4.10. The minimum Gasteiger partial charge on any atom is -0.326 e. The van der Waals surface area contributed by atoms with Crippen LogP contribution in [0.5, 0.6) is 0 Å². The standard InChI is InChI=1S/C21H21BrClN5O2S/c1-3-12(2)17(25-20(30)24-16-9-5-8-15(23)11-16)18(29)26-21-28-27-19(31-21)13-6-4-7-14(22)10-13/h4-12,17H,3H2,1-2H3,(H2,24,25,30)(H,26,28,29)/t12-,17+/m0/s1. The van der Waals surface area contributed by atoms with Gasteiger partial charge in [0, 0.05) is 20.7 Å². The second-order valence-corrected chi connectivity index (χ2v) is 9.21. The van der Waals surface area contributed by atoms with Crippen molar-refractivity contribution in [3.63, 3.8) is 0 Å². The Kier molecular flexibility index (Phi) is 8.00. The van der Waals surface area contributed by atoms with E-state index in [0.717, 1.165) is 10.0 Å². The lowest BCUT2D eigenvalue weighted by atomic mass is 9.98. The highest BCUT2D eigenvalue weighted by Gasteiger charge is 2.27. The Balaban J connectivity index is 1.68. The second-order valence-electron chi connectivity index (χ2n) is 6.88. The molecular weight excluding hydrogens is 502 g/mol. The molecule has 1 heterocycles. The number of anilines is 2. The lowest BCUT2D eigenvalue weighted by Gasteiger charge is -2.23. The molecule has 2 aromatic carbocycles. The van der Waals surface area contributed by atoms with Gasteiger partial charge < -0.3 is 10.6 Å². The number of carbonyl (C=O) groups excluding carboxylic acids is 2. The fourth-order valence-electron chi connectivity index (χ4n) is 2.77. The van der Waals surface area contributed by atoms with Gasteiger partial charge in [0.05, 0.1) is 0 Å². The SMILES string of the molecule is CC[C@H](C)[C@@H](NC(=O)Nc1cccc(Cl)c1)C(=O)Nc1nnc(-c2cccc(Br)c2)s1. The summed E-state index contributed by atoms with van der Waals surface area (Å²) < 4.78 is 0.928. The number of rotatable bonds is 7. The number of nitrogens with one attached hydrogen (secondary N) is 3. The maximum atomic E-state index is 12.9. The highest BCUT2D eigenvalue weighted by Crippen LogP contribution is 2.28. The molecule has 3 N–H and O–H groups in total. The number of hydrogen-bond donors (Lipinski definition) is 3. The van der Waals surface area contributed by atoms with E-state index in [1.807, 2.05) is 38.1 Å². The van der Waals surface area contributed by atoms with Gasteiger partial charge in [0.25, 0.3) is 0 Å². The van der Waals surface area contributed by atoms with Crippen LogP contribution in [0.15, 0.2) is 53.0 Å². The molecule has 0 bridgehead atoms. The van der Waals surface area contributed by atoms with Gasteiger partial charge in [0.1, 0.15) is 11.0 Å². The molecular formula is C21H21BrClN5O2S. The Bertz CT molecular complexity index is 1080. The van der Waals surface area contributed by atoms with Crippen LogP contribution in [0.3, 0.4) is 0 Å². The number of benzene rings is 2. The van der Waals surface area contributed by atoms with Gasteiger partial charge in [-0.05, 0) is 36.2 Å². The van der Waals surface area contributed by atoms with Gasteiger partial charge in [-0.15, -0.1) is 10.2 Å². The summed E-state index contributed by atoms with van der Waals surface area (Å²) in [5.74, 6) is -0.449. The molecule has 7 nitrogen and oxygen atoms in total. The summed E-state index contributed by atoms with van der Waals surface area (Å²) in [6.07, 6.45) is 0.703. The Labute approximate surface area is 197 Å². The van der Waals surface area contributed by atoms with E-state index in [1.165, 1.54) is 11.3 Å². The Morgan fingerprint density at radius 3 is 2.61 bits per heavy atom. The Morgan fingerprint density at radius 1 is 1.13 bits per heavy atom. The molecule has 0 spiro atoms. The van der Waals surface area contributed by atoms with E-state index < -0.39 is 12.1 Å². The number of halogens is 2. The monoisotopic (exact) mass is 521 g/mol. The van der Waals surface area contributed by atoms with Crippen molar-refractivity contribution < 1.29 is 9.59 Å². The molecule has 0 aliphatic carbocycles. The van der Waals surface area contributed by atoms with E-state index in [4.69, 9.17) is 11.6 Å². The van der Waals surface area contributed by atoms with Crippen LogP contribution in [0.1, 0.15) is 20.3 Å². The number of hydrogen-bond acceptors (Lipinski definition) is 5. The maximum absolute atomic E-state index is 12.9. The first kappa shape index (κ1) is 23.2. The predicted octanol–water partition coefficient (Wildman–Crippen LogP) is 5.80. The molecule has 10 heteroatoms. The third-order valence-corrected chi connectivity index (χ3v) is 6.21. The third kappa shape index (κ3) is 6.49. The molecule has 1 aromatic heterocycles. The number of urea groups is 1. The predicted molar refractivity (Wildman–Crippen MR) is 129 cm³/mol. The normalized spacial score (nSPS) is 12.6. The molecule has 0 unspecified atom stereocenters. The first-order chi connectivity index (χ1) is 14.9. The number of amides is 3. The van der Waals surface area contributed by atoms with Crippen molar-refractivity contribution in [2.24, 2.45) is 5.92 Å². The quantitative estimate of drug-likeness (QED) is 0.366. The molecule has 0 fully saturated rings. The topological polar surface area (TPSA) is 96.0 Å². The zero-order valence-electron chi connectivity index (χ0n) is 16.9. The van der Waals surface area contributed by atoms with Crippen LogP contribution in [0.2, 0.25) is 5.02 Å². The molecule has 3 amide bonds. The molecule has 31 heavy (non-hydrogen) atoms. The van der Waals surface area contributed by atoms with Crippen molar-refractivity contribution in [3.8, 4) is 10.6 Å². The van der Waals surface area contributed by atoms with Gasteiger partial charge in [-0.2, -0.15) is 0 Å². The van der Waals surface area contributed by atoms with Crippen molar-refractivity contribution in [3.05, 3.63) is 58.0 Å². The summed E-state index contributed by atoms with van der Waals surface area (Å²) in [4.78, 5) is 25.4. The van der Waals surface area contributed by atoms with Gasteiger partial charge >= 0.3 is 6.03 Å². The Hall–Kier alpha value is -2.49. The molecule has 0 radical (unpaired) electrons.